The van der Waals surface area contributed by atoms with Crippen molar-refractivity contribution in [2.24, 2.45) is 0 Å². The smallest absolute Gasteiger partial charge is 0.286 e. The van der Waals surface area contributed by atoms with Gasteiger partial charge in [0, 0.05) is 24.6 Å². The van der Waals surface area contributed by atoms with Crippen molar-refractivity contribution in [3.05, 3.63) is 51.2 Å². The van der Waals surface area contributed by atoms with Gasteiger partial charge in [-0.1, -0.05) is 34.7 Å². The molecule has 2 aromatic heterocycles. The Morgan fingerprint density at radius 1 is 1.27 bits per heavy atom. The highest BCUT2D eigenvalue weighted by atomic mass is 79.9. The fraction of sp³-hybridized carbons (Fsp3) is 0.263. The minimum Gasteiger partial charge on any atom is -0.494 e. The second-order valence-corrected chi connectivity index (χ2v) is 9.89. The summed E-state index contributed by atoms with van der Waals surface area (Å²) in [6.07, 6.45) is 4.15. The van der Waals surface area contributed by atoms with E-state index in [1.807, 2.05) is 26.2 Å². The maximum atomic E-state index is 12.5. The first kappa shape index (κ1) is 23.0. The van der Waals surface area contributed by atoms with Gasteiger partial charge in [-0.25, -0.2) is 0 Å². The lowest BCUT2D eigenvalue weighted by Gasteiger charge is -2.10. The molecule has 11 heteroatoms. The standard InChI is InChI=1S/C19H19BrClN5O2S2/c1-26(2)8-3-9-28-13-6-4-12(5-7-13)23-17(27)18-24-25-19(30-18)29-16-14(20)10-22-11-15(16)21/h4-7,10-11H,3,8-9H2,1-2H3,(H,23,27). The number of aromatic nitrogens is 3. The van der Waals surface area contributed by atoms with Gasteiger partial charge in [-0.05, 0) is 60.7 Å². The van der Waals surface area contributed by atoms with Gasteiger partial charge in [0.25, 0.3) is 5.91 Å². The summed E-state index contributed by atoms with van der Waals surface area (Å²) in [6.45, 7) is 1.62. The van der Waals surface area contributed by atoms with E-state index < -0.39 is 0 Å². The van der Waals surface area contributed by atoms with Gasteiger partial charge in [0.2, 0.25) is 5.01 Å². The first-order valence-electron chi connectivity index (χ1n) is 8.91. The molecular weight excluding hydrogens is 510 g/mol. The SMILES string of the molecule is CN(C)CCCOc1ccc(NC(=O)c2nnc(Sc3c(Cl)cncc3Br)s2)cc1. The molecular formula is C19H19BrClN5O2S2. The van der Waals surface area contributed by atoms with Crippen molar-refractivity contribution in [1.29, 1.82) is 0 Å². The number of halogens is 2. The zero-order valence-corrected chi connectivity index (χ0v) is 20.2. The molecule has 7 nitrogen and oxygen atoms in total. The molecule has 0 bridgehead atoms. The van der Waals surface area contributed by atoms with E-state index in [0.717, 1.165) is 28.1 Å². The van der Waals surface area contributed by atoms with Crippen LogP contribution in [0.5, 0.6) is 5.75 Å². The number of amides is 1. The zero-order valence-electron chi connectivity index (χ0n) is 16.3. The van der Waals surface area contributed by atoms with Crippen LogP contribution in [-0.2, 0) is 0 Å². The van der Waals surface area contributed by atoms with Crippen molar-refractivity contribution in [3.8, 4) is 5.75 Å². The van der Waals surface area contributed by atoms with Gasteiger partial charge in [-0.3, -0.25) is 9.78 Å². The van der Waals surface area contributed by atoms with Crippen molar-refractivity contribution in [1.82, 2.24) is 20.1 Å². The van der Waals surface area contributed by atoms with Crippen LogP contribution < -0.4 is 10.1 Å². The van der Waals surface area contributed by atoms with Crippen LogP contribution in [0.3, 0.4) is 0 Å². The molecule has 1 amide bonds. The molecule has 0 radical (unpaired) electrons. The lowest BCUT2D eigenvalue weighted by molar-refractivity contribution is 0.102. The topological polar surface area (TPSA) is 80.2 Å². The van der Waals surface area contributed by atoms with Crippen LogP contribution in [0.2, 0.25) is 5.02 Å². The molecule has 0 aliphatic carbocycles. The number of ether oxygens (including phenoxy) is 1. The highest BCUT2D eigenvalue weighted by Gasteiger charge is 2.16. The molecule has 1 N–H and O–H groups in total. The molecule has 0 saturated heterocycles. The van der Waals surface area contributed by atoms with E-state index in [4.69, 9.17) is 16.3 Å². The Bertz CT molecular complexity index is 981. The van der Waals surface area contributed by atoms with Crippen molar-refractivity contribution in [2.75, 3.05) is 32.6 Å². The summed E-state index contributed by atoms with van der Waals surface area (Å²) in [7, 11) is 4.06. The average molecular weight is 529 g/mol. The van der Waals surface area contributed by atoms with Crippen molar-refractivity contribution >= 4 is 62.2 Å². The third-order valence-corrected chi connectivity index (χ3v) is 7.11. The first-order valence-corrected chi connectivity index (χ1v) is 11.7. The Kier molecular flexibility index (Phi) is 8.46. The molecule has 30 heavy (non-hydrogen) atoms. The molecule has 0 aliphatic heterocycles. The van der Waals surface area contributed by atoms with Gasteiger partial charge in [-0.2, -0.15) is 0 Å². The number of benzene rings is 1. The van der Waals surface area contributed by atoms with Gasteiger partial charge >= 0.3 is 0 Å². The number of nitrogens with zero attached hydrogens (tertiary/aromatic N) is 4. The number of anilines is 1. The van der Waals surface area contributed by atoms with E-state index in [9.17, 15) is 4.79 Å². The molecule has 158 valence electrons. The normalized spacial score (nSPS) is 11.0. The Morgan fingerprint density at radius 3 is 2.73 bits per heavy atom. The Hall–Kier alpha value is -1.72. The molecule has 1 aromatic carbocycles. The predicted octanol–water partition coefficient (Wildman–Crippen LogP) is 5.08. The number of rotatable bonds is 9. The Balaban J connectivity index is 1.55. The molecule has 3 rings (SSSR count). The third kappa shape index (κ3) is 6.64. The molecule has 0 unspecified atom stereocenters. The highest BCUT2D eigenvalue weighted by molar-refractivity contribution is 9.10. The summed E-state index contributed by atoms with van der Waals surface area (Å²) in [4.78, 5) is 19.4. The van der Waals surface area contributed by atoms with Crippen LogP contribution in [0, 0.1) is 0 Å². The van der Waals surface area contributed by atoms with Gasteiger partial charge in [0.15, 0.2) is 4.34 Å². The number of pyridine rings is 1. The second-order valence-electron chi connectivity index (χ2n) is 6.39. The monoisotopic (exact) mass is 527 g/mol. The highest BCUT2D eigenvalue weighted by Crippen LogP contribution is 2.39. The van der Waals surface area contributed by atoms with Crippen LogP contribution in [0.1, 0.15) is 16.2 Å². The Morgan fingerprint density at radius 2 is 2.03 bits per heavy atom. The second kappa shape index (κ2) is 11.1. The minimum atomic E-state index is -0.320. The van der Waals surface area contributed by atoms with Crippen molar-refractivity contribution < 1.29 is 9.53 Å². The van der Waals surface area contributed by atoms with Crippen molar-refractivity contribution in [3.63, 3.8) is 0 Å². The van der Waals surface area contributed by atoms with E-state index >= 15 is 0 Å². The summed E-state index contributed by atoms with van der Waals surface area (Å²) >= 11 is 12.1. The summed E-state index contributed by atoms with van der Waals surface area (Å²) in [6, 6.07) is 7.25. The van der Waals surface area contributed by atoms with Crippen LogP contribution in [0.25, 0.3) is 0 Å². The van der Waals surface area contributed by atoms with Crippen LogP contribution in [-0.4, -0.2) is 53.2 Å². The van der Waals surface area contributed by atoms with E-state index in [1.165, 1.54) is 23.1 Å². The van der Waals surface area contributed by atoms with E-state index in [-0.39, 0.29) is 10.9 Å². The molecule has 0 spiro atoms. The quantitative estimate of drug-likeness (QED) is 0.388. The van der Waals surface area contributed by atoms with Crippen LogP contribution in [0.4, 0.5) is 5.69 Å². The zero-order chi connectivity index (χ0) is 21.5. The molecule has 0 saturated carbocycles. The van der Waals surface area contributed by atoms with Gasteiger partial charge < -0.3 is 15.0 Å². The lowest BCUT2D eigenvalue weighted by atomic mass is 10.3. The van der Waals surface area contributed by atoms with E-state index in [0.29, 0.717) is 21.7 Å². The average Bonchev–Trinajstić information content (AvgIpc) is 3.18. The minimum absolute atomic E-state index is 0.266. The van der Waals surface area contributed by atoms with Crippen molar-refractivity contribution in [2.45, 2.75) is 15.7 Å². The van der Waals surface area contributed by atoms with Gasteiger partial charge in [0.05, 0.1) is 21.0 Å². The predicted molar refractivity (Wildman–Crippen MR) is 124 cm³/mol. The van der Waals surface area contributed by atoms with E-state index in [1.54, 1.807) is 24.5 Å². The number of carbonyl (C=O) groups is 1. The maximum Gasteiger partial charge on any atom is 0.286 e. The fourth-order valence-electron chi connectivity index (χ4n) is 2.32. The number of carbonyl (C=O) groups excluding carboxylic acids is 1. The molecule has 0 fully saturated rings. The first-order chi connectivity index (χ1) is 14.4. The van der Waals surface area contributed by atoms with E-state index in [2.05, 4.69) is 41.3 Å². The summed E-state index contributed by atoms with van der Waals surface area (Å²) in [5, 5.41) is 11.6. The molecule has 2 heterocycles. The number of nitrogens with one attached hydrogen (secondary N) is 1. The number of hydrogen-bond donors (Lipinski definition) is 1. The summed E-state index contributed by atoms with van der Waals surface area (Å²) in [5.74, 6) is 0.444. The van der Waals surface area contributed by atoms with Gasteiger partial charge in [0.1, 0.15) is 5.75 Å². The van der Waals surface area contributed by atoms with Crippen LogP contribution in [0.15, 0.2) is 50.4 Å². The largest absolute Gasteiger partial charge is 0.494 e. The summed E-state index contributed by atoms with van der Waals surface area (Å²) in [5.41, 5.74) is 0.657. The fourth-order valence-corrected chi connectivity index (χ4v) is 4.96. The summed E-state index contributed by atoms with van der Waals surface area (Å²) < 4.78 is 7.06. The van der Waals surface area contributed by atoms with Gasteiger partial charge in [-0.15, -0.1) is 10.2 Å². The van der Waals surface area contributed by atoms with Crippen LogP contribution >= 0.6 is 50.6 Å². The molecule has 0 atom stereocenters. The molecule has 3 aromatic rings. The lowest BCUT2D eigenvalue weighted by Crippen LogP contribution is -2.15. The number of hydrogen-bond acceptors (Lipinski definition) is 8. The maximum absolute atomic E-state index is 12.5. The Labute approximate surface area is 196 Å². The third-order valence-electron chi connectivity index (χ3n) is 3.73. The molecule has 0 aliphatic rings.